The van der Waals surface area contributed by atoms with Gasteiger partial charge in [0.05, 0.1) is 13.2 Å². The van der Waals surface area contributed by atoms with Gasteiger partial charge in [0.25, 0.3) is 0 Å². The van der Waals surface area contributed by atoms with Crippen LogP contribution in [0.3, 0.4) is 0 Å². The Kier molecular flexibility index (Phi) is 12.4. The molecule has 1 aliphatic heterocycles. The van der Waals surface area contributed by atoms with Crippen LogP contribution >= 0.6 is 24.0 Å². The van der Waals surface area contributed by atoms with E-state index in [-0.39, 0.29) is 30.1 Å². The average Bonchev–Trinajstić information content (AvgIpc) is 2.73. The van der Waals surface area contributed by atoms with Crippen LogP contribution in [0.25, 0.3) is 0 Å². The normalized spacial score (nSPS) is 14.2. The van der Waals surface area contributed by atoms with E-state index in [1.54, 1.807) is 19.1 Å². The summed E-state index contributed by atoms with van der Waals surface area (Å²) in [6, 6.07) is 8.04. The van der Waals surface area contributed by atoms with E-state index in [1.165, 1.54) is 0 Å². The van der Waals surface area contributed by atoms with E-state index in [1.807, 2.05) is 25.1 Å². The molecule has 1 heterocycles. The van der Waals surface area contributed by atoms with E-state index >= 15 is 0 Å². The van der Waals surface area contributed by atoms with Crippen LogP contribution in [0.1, 0.15) is 18.9 Å². The molecule has 0 bridgehead atoms. The van der Waals surface area contributed by atoms with Crippen LogP contribution < -0.4 is 10.1 Å². The average molecular weight is 520 g/mol. The minimum Gasteiger partial charge on any atom is -0.493 e. The van der Waals surface area contributed by atoms with Crippen molar-refractivity contribution in [3.63, 3.8) is 0 Å². The van der Waals surface area contributed by atoms with Gasteiger partial charge in [0, 0.05) is 59.9 Å². The molecule has 0 aromatic heterocycles. The summed E-state index contributed by atoms with van der Waals surface area (Å²) in [5.41, 5.74) is 1.12. The highest BCUT2D eigenvalue weighted by Gasteiger charge is 2.23. The second-order valence-corrected chi connectivity index (χ2v) is 6.42. The predicted molar refractivity (Wildman–Crippen MR) is 124 cm³/mol. The lowest BCUT2D eigenvalue weighted by Gasteiger charge is -2.35. The number of nitrogens with zero attached hydrogens (tertiary/aromatic N) is 3. The number of hydrogen-bond acceptors (Lipinski definition) is 5. The van der Waals surface area contributed by atoms with Crippen molar-refractivity contribution in [2.45, 2.75) is 19.9 Å². The van der Waals surface area contributed by atoms with Gasteiger partial charge in [0.2, 0.25) is 0 Å². The first-order chi connectivity index (χ1) is 13.7. The number of piperazine rings is 1. The SMILES string of the molecule is CCOC(=O)N1CCN(C(=NC)NCc2cccc(OCCCOC)c2)CC1.I. The lowest BCUT2D eigenvalue weighted by Crippen LogP contribution is -2.53. The van der Waals surface area contributed by atoms with E-state index in [0.717, 1.165) is 36.8 Å². The summed E-state index contributed by atoms with van der Waals surface area (Å²) in [4.78, 5) is 20.1. The van der Waals surface area contributed by atoms with E-state index in [2.05, 4.69) is 21.3 Å². The number of guanidine groups is 1. The van der Waals surface area contributed by atoms with Gasteiger partial charge in [-0.25, -0.2) is 4.79 Å². The largest absolute Gasteiger partial charge is 0.493 e. The summed E-state index contributed by atoms with van der Waals surface area (Å²) in [7, 11) is 3.46. The van der Waals surface area contributed by atoms with Gasteiger partial charge in [-0.2, -0.15) is 0 Å². The highest BCUT2D eigenvalue weighted by atomic mass is 127. The number of amides is 1. The van der Waals surface area contributed by atoms with E-state index in [9.17, 15) is 4.79 Å². The number of methoxy groups -OCH3 is 1. The Balaban J connectivity index is 0.00000420. The summed E-state index contributed by atoms with van der Waals surface area (Å²) in [5, 5.41) is 3.39. The zero-order valence-corrected chi connectivity index (χ0v) is 19.9. The summed E-state index contributed by atoms with van der Waals surface area (Å²) in [6.07, 6.45) is 0.621. The van der Waals surface area contributed by atoms with E-state index < -0.39 is 0 Å². The third-order valence-electron chi connectivity index (χ3n) is 4.43. The molecule has 1 fully saturated rings. The second kappa shape index (κ2) is 14.3. The quantitative estimate of drug-likeness (QED) is 0.246. The molecule has 29 heavy (non-hydrogen) atoms. The van der Waals surface area contributed by atoms with Gasteiger partial charge in [-0.1, -0.05) is 12.1 Å². The molecule has 1 N–H and O–H groups in total. The van der Waals surface area contributed by atoms with Crippen LogP contribution in [0.2, 0.25) is 0 Å². The Morgan fingerprint density at radius 2 is 1.90 bits per heavy atom. The van der Waals surface area contributed by atoms with E-state index in [0.29, 0.717) is 39.5 Å². The first kappa shape index (κ1) is 25.3. The molecule has 0 aliphatic carbocycles. The minimum absolute atomic E-state index is 0. The molecule has 8 nitrogen and oxygen atoms in total. The summed E-state index contributed by atoms with van der Waals surface area (Å²) in [6.45, 7) is 6.91. The third kappa shape index (κ3) is 8.65. The molecule has 2 rings (SSSR count). The van der Waals surface area contributed by atoms with Crippen LogP contribution in [0.4, 0.5) is 4.79 Å². The maximum atomic E-state index is 11.8. The van der Waals surface area contributed by atoms with Crippen molar-refractivity contribution in [1.29, 1.82) is 0 Å². The number of rotatable bonds is 8. The van der Waals surface area contributed by atoms with E-state index in [4.69, 9.17) is 14.2 Å². The summed E-state index contributed by atoms with van der Waals surface area (Å²) >= 11 is 0. The van der Waals surface area contributed by atoms with Crippen molar-refractivity contribution < 1.29 is 19.0 Å². The van der Waals surface area contributed by atoms with Crippen LogP contribution in [-0.2, 0) is 16.0 Å². The maximum absolute atomic E-state index is 11.8. The molecule has 9 heteroatoms. The molecule has 1 amide bonds. The molecular weight excluding hydrogens is 487 g/mol. The Morgan fingerprint density at radius 3 is 2.55 bits per heavy atom. The van der Waals surface area contributed by atoms with Crippen molar-refractivity contribution in [2.75, 3.05) is 60.2 Å². The third-order valence-corrected chi connectivity index (χ3v) is 4.43. The fourth-order valence-electron chi connectivity index (χ4n) is 2.97. The van der Waals surface area contributed by atoms with Crippen molar-refractivity contribution in [3.8, 4) is 5.75 Å². The van der Waals surface area contributed by atoms with Crippen molar-refractivity contribution in [1.82, 2.24) is 15.1 Å². The fourth-order valence-corrected chi connectivity index (χ4v) is 2.97. The molecule has 0 saturated carbocycles. The number of ether oxygens (including phenoxy) is 3. The number of benzene rings is 1. The molecule has 0 atom stereocenters. The number of carbonyl (C=O) groups excluding carboxylic acids is 1. The minimum atomic E-state index is -0.243. The molecule has 0 spiro atoms. The zero-order chi connectivity index (χ0) is 20.2. The molecule has 1 saturated heterocycles. The number of carbonyl (C=O) groups is 1. The smallest absolute Gasteiger partial charge is 0.409 e. The Labute approximate surface area is 190 Å². The second-order valence-electron chi connectivity index (χ2n) is 6.42. The fraction of sp³-hybridized carbons (Fsp3) is 0.600. The summed E-state index contributed by atoms with van der Waals surface area (Å²) in [5.74, 6) is 1.68. The monoisotopic (exact) mass is 520 g/mol. The van der Waals surface area contributed by atoms with Gasteiger partial charge in [0.1, 0.15) is 5.75 Å². The molecule has 0 radical (unpaired) electrons. The van der Waals surface area contributed by atoms with Crippen LogP contribution in [0.5, 0.6) is 5.75 Å². The van der Waals surface area contributed by atoms with Gasteiger partial charge >= 0.3 is 6.09 Å². The van der Waals surface area contributed by atoms with Gasteiger partial charge < -0.3 is 29.3 Å². The molecule has 1 aliphatic rings. The Morgan fingerprint density at radius 1 is 1.17 bits per heavy atom. The zero-order valence-electron chi connectivity index (χ0n) is 17.6. The lowest BCUT2D eigenvalue weighted by atomic mass is 10.2. The van der Waals surface area contributed by atoms with Gasteiger partial charge in [-0.05, 0) is 24.6 Å². The number of nitrogens with one attached hydrogen (secondary N) is 1. The first-order valence-corrected chi connectivity index (χ1v) is 9.76. The standard InChI is InChI=1S/C20H32N4O4.HI/c1-4-27-20(25)24-11-9-23(10-12-24)19(21-2)22-16-17-7-5-8-18(15-17)28-14-6-13-26-3;/h5,7-8,15H,4,6,9-14,16H2,1-3H3,(H,21,22);1H. The van der Waals surface area contributed by atoms with Gasteiger partial charge in [-0.3, -0.25) is 4.99 Å². The molecule has 164 valence electrons. The molecule has 1 aromatic carbocycles. The van der Waals surface area contributed by atoms with Gasteiger partial charge in [0.15, 0.2) is 5.96 Å². The Hall–Kier alpha value is -1.75. The maximum Gasteiger partial charge on any atom is 0.409 e. The highest BCUT2D eigenvalue weighted by Crippen LogP contribution is 2.14. The molecule has 0 unspecified atom stereocenters. The van der Waals surface area contributed by atoms with Crippen molar-refractivity contribution in [2.24, 2.45) is 4.99 Å². The molecule has 1 aromatic rings. The predicted octanol–water partition coefficient (Wildman–Crippen LogP) is 2.57. The summed E-state index contributed by atoms with van der Waals surface area (Å²) < 4.78 is 15.9. The van der Waals surface area contributed by atoms with Crippen LogP contribution in [0, 0.1) is 0 Å². The first-order valence-electron chi connectivity index (χ1n) is 9.76. The van der Waals surface area contributed by atoms with Crippen molar-refractivity contribution >= 4 is 36.0 Å². The van der Waals surface area contributed by atoms with Crippen LogP contribution in [0.15, 0.2) is 29.3 Å². The topological polar surface area (TPSA) is 75.6 Å². The highest BCUT2D eigenvalue weighted by molar-refractivity contribution is 14.0. The number of hydrogen-bond donors (Lipinski definition) is 1. The Bertz CT molecular complexity index is 637. The molecular formula is C20H33IN4O4. The van der Waals surface area contributed by atoms with Crippen molar-refractivity contribution in [3.05, 3.63) is 29.8 Å². The van der Waals surface area contributed by atoms with Gasteiger partial charge in [-0.15, -0.1) is 24.0 Å². The lowest BCUT2D eigenvalue weighted by molar-refractivity contribution is 0.0914. The number of halogens is 1. The number of aliphatic imine (C=N–C) groups is 1. The van der Waals surface area contributed by atoms with Crippen LogP contribution in [-0.4, -0.2) is 82.0 Å².